The molecule has 0 unspecified atom stereocenters. The fourth-order valence-corrected chi connectivity index (χ4v) is 4.17. The Morgan fingerprint density at radius 3 is 2.38 bits per heavy atom. The average molecular weight is 442 g/mol. The van der Waals surface area contributed by atoms with Crippen LogP contribution in [-0.4, -0.2) is 8.42 Å². The molecule has 2 aromatic rings. The molecular formula is C12H8Br2F2N2O2S. The maximum Gasteiger partial charge on any atom is 0.263 e. The van der Waals surface area contributed by atoms with E-state index in [4.69, 9.17) is 5.73 Å². The van der Waals surface area contributed by atoms with Crippen LogP contribution in [0.3, 0.4) is 0 Å². The second-order valence-corrected chi connectivity index (χ2v) is 7.45. The van der Waals surface area contributed by atoms with Crippen LogP contribution in [0.4, 0.5) is 20.2 Å². The maximum absolute atomic E-state index is 13.7. The highest BCUT2D eigenvalue weighted by Gasteiger charge is 2.21. The Kier molecular flexibility index (Phi) is 4.54. The number of nitrogen functional groups attached to an aromatic ring is 1. The smallest absolute Gasteiger partial charge is 0.263 e. The van der Waals surface area contributed by atoms with Crippen LogP contribution in [0.5, 0.6) is 0 Å². The molecule has 0 aliphatic heterocycles. The third-order valence-corrected chi connectivity index (χ3v) is 5.34. The normalized spacial score (nSPS) is 11.4. The first-order chi connectivity index (χ1) is 9.70. The maximum atomic E-state index is 13.7. The van der Waals surface area contributed by atoms with Crippen molar-refractivity contribution in [1.82, 2.24) is 0 Å². The number of nitrogens with two attached hydrogens (primary N) is 1. The van der Waals surface area contributed by atoms with E-state index in [9.17, 15) is 17.2 Å². The molecule has 0 fully saturated rings. The van der Waals surface area contributed by atoms with Crippen LogP contribution in [0, 0.1) is 11.6 Å². The number of benzene rings is 2. The van der Waals surface area contributed by atoms with Gasteiger partial charge in [0.2, 0.25) is 0 Å². The van der Waals surface area contributed by atoms with Gasteiger partial charge < -0.3 is 5.73 Å². The third-order valence-electron chi connectivity index (χ3n) is 2.50. The van der Waals surface area contributed by atoms with Gasteiger partial charge in [-0.15, -0.1) is 0 Å². The van der Waals surface area contributed by atoms with Crippen molar-refractivity contribution in [1.29, 1.82) is 0 Å². The number of nitrogens with one attached hydrogen (secondary N) is 1. The fourth-order valence-electron chi connectivity index (χ4n) is 1.57. The van der Waals surface area contributed by atoms with Crippen molar-refractivity contribution in [2.75, 3.05) is 10.5 Å². The summed E-state index contributed by atoms with van der Waals surface area (Å²) in [6, 6.07) is 5.87. The van der Waals surface area contributed by atoms with Crippen molar-refractivity contribution in [3.8, 4) is 0 Å². The minimum atomic E-state index is -4.09. The molecule has 21 heavy (non-hydrogen) atoms. The quantitative estimate of drug-likeness (QED) is 0.710. The molecule has 0 bridgehead atoms. The van der Waals surface area contributed by atoms with E-state index in [0.717, 1.165) is 6.07 Å². The molecular weight excluding hydrogens is 434 g/mol. The molecule has 0 heterocycles. The summed E-state index contributed by atoms with van der Waals surface area (Å²) < 4.78 is 54.1. The van der Waals surface area contributed by atoms with Crippen molar-refractivity contribution >= 4 is 53.3 Å². The zero-order chi connectivity index (χ0) is 15.8. The van der Waals surface area contributed by atoms with Crippen LogP contribution < -0.4 is 10.5 Å². The van der Waals surface area contributed by atoms with Gasteiger partial charge >= 0.3 is 0 Å². The van der Waals surface area contributed by atoms with Gasteiger partial charge in [0, 0.05) is 15.0 Å². The second-order valence-electron chi connectivity index (χ2n) is 4.03. The van der Waals surface area contributed by atoms with Crippen molar-refractivity contribution in [2.45, 2.75) is 4.90 Å². The number of sulfonamides is 1. The van der Waals surface area contributed by atoms with E-state index in [1.807, 2.05) is 4.72 Å². The Hall–Kier alpha value is -1.19. The predicted octanol–water partition coefficient (Wildman–Crippen LogP) is 3.87. The van der Waals surface area contributed by atoms with E-state index in [-0.39, 0.29) is 10.6 Å². The number of halogens is 4. The number of hydrogen-bond acceptors (Lipinski definition) is 3. The van der Waals surface area contributed by atoms with Gasteiger partial charge in [-0.25, -0.2) is 17.2 Å². The monoisotopic (exact) mass is 440 g/mol. The van der Waals surface area contributed by atoms with Crippen molar-refractivity contribution in [3.05, 3.63) is 50.9 Å². The van der Waals surface area contributed by atoms with E-state index in [2.05, 4.69) is 31.9 Å². The molecule has 0 amide bonds. The summed E-state index contributed by atoms with van der Waals surface area (Å²) in [5, 5.41) is 0. The van der Waals surface area contributed by atoms with Crippen LogP contribution in [0.2, 0.25) is 0 Å². The molecule has 112 valence electrons. The van der Waals surface area contributed by atoms with E-state index < -0.39 is 27.3 Å². The molecule has 0 saturated heterocycles. The second kappa shape index (κ2) is 5.90. The highest BCUT2D eigenvalue weighted by molar-refractivity contribution is 9.11. The first-order valence-corrected chi connectivity index (χ1v) is 8.50. The van der Waals surface area contributed by atoms with Crippen LogP contribution in [0.25, 0.3) is 0 Å². The molecule has 0 saturated carbocycles. The van der Waals surface area contributed by atoms with E-state index >= 15 is 0 Å². The van der Waals surface area contributed by atoms with E-state index in [1.165, 1.54) is 12.1 Å². The molecule has 0 aliphatic rings. The van der Waals surface area contributed by atoms with Gasteiger partial charge in [0.05, 0.1) is 5.69 Å². The average Bonchev–Trinajstić information content (AvgIpc) is 2.36. The standard InChI is InChI=1S/C12H8Br2F2N2O2S/c13-6-1-2-8(14)11(3-6)21(19,20)18-12-9(16)4-7(15)5-10(12)17/h1-5,18H,17H2. The molecule has 3 N–H and O–H groups in total. The van der Waals surface area contributed by atoms with E-state index in [1.54, 1.807) is 6.07 Å². The number of hydrogen-bond donors (Lipinski definition) is 2. The molecule has 0 spiro atoms. The van der Waals surface area contributed by atoms with Gasteiger partial charge in [-0.1, -0.05) is 15.9 Å². The summed E-state index contributed by atoms with van der Waals surface area (Å²) >= 11 is 6.25. The van der Waals surface area contributed by atoms with Crippen molar-refractivity contribution < 1.29 is 17.2 Å². The highest BCUT2D eigenvalue weighted by Crippen LogP contribution is 2.30. The SMILES string of the molecule is Nc1cc(F)cc(F)c1NS(=O)(=O)c1cc(Br)ccc1Br. The lowest BCUT2D eigenvalue weighted by Crippen LogP contribution is -2.16. The summed E-state index contributed by atoms with van der Waals surface area (Å²) in [6.07, 6.45) is 0. The summed E-state index contributed by atoms with van der Waals surface area (Å²) in [4.78, 5) is -0.111. The zero-order valence-corrected chi connectivity index (χ0v) is 14.2. The molecule has 0 radical (unpaired) electrons. The fraction of sp³-hybridized carbons (Fsp3) is 0. The largest absolute Gasteiger partial charge is 0.397 e. The molecule has 0 aromatic heterocycles. The van der Waals surface area contributed by atoms with Crippen molar-refractivity contribution in [3.63, 3.8) is 0 Å². The lowest BCUT2D eigenvalue weighted by atomic mass is 10.2. The zero-order valence-electron chi connectivity index (χ0n) is 10.2. The minimum absolute atomic E-state index is 0.111. The van der Waals surface area contributed by atoms with Crippen LogP contribution in [-0.2, 0) is 10.0 Å². The summed E-state index contributed by atoms with van der Waals surface area (Å²) in [5.41, 5.74) is 4.61. The van der Waals surface area contributed by atoms with Gasteiger partial charge in [-0.05, 0) is 40.2 Å². The Morgan fingerprint density at radius 1 is 1.10 bits per heavy atom. The molecule has 0 atom stereocenters. The predicted molar refractivity (Wildman–Crippen MR) is 83.4 cm³/mol. The Bertz CT molecular complexity index is 790. The molecule has 2 aromatic carbocycles. The summed E-state index contributed by atoms with van der Waals surface area (Å²) in [7, 11) is -4.09. The summed E-state index contributed by atoms with van der Waals surface area (Å²) in [5.74, 6) is -1.99. The third kappa shape index (κ3) is 3.53. The lowest BCUT2D eigenvalue weighted by molar-refractivity contribution is 0.583. The first-order valence-electron chi connectivity index (χ1n) is 5.43. The Balaban J connectivity index is 2.50. The molecule has 4 nitrogen and oxygen atoms in total. The van der Waals surface area contributed by atoms with Crippen LogP contribution in [0.1, 0.15) is 0 Å². The molecule has 0 aliphatic carbocycles. The molecule has 9 heteroatoms. The van der Waals surface area contributed by atoms with Gasteiger partial charge in [0.1, 0.15) is 16.4 Å². The Labute approximate surface area is 136 Å². The van der Waals surface area contributed by atoms with E-state index in [0.29, 0.717) is 15.0 Å². The van der Waals surface area contributed by atoms with Gasteiger partial charge in [-0.2, -0.15) is 0 Å². The van der Waals surface area contributed by atoms with Crippen LogP contribution in [0.15, 0.2) is 44.2 Å². The van der Waals surface area contributed by atoms with Gasteiger partial charge in [-0.3, -0.25) is 4.72 Å². The first kappa shape index (κ1) is 16.2. The number of rotatable bonds is 3. The van der Waals surface area contributed by atoms with Crippen LogP contribution >= 0.6 is 31.9 Å². The molecule has 2 rings (SSSR count). The highest BCUT2D eigenvalue weighted by atomic mass is 79.9. The number of anilines is 2. The van der Waals surface area contributed by atoms with Gasteiger partial charge in [0.25, 0.3) is 10.0 Å². The lowest BCUT2D eigenvalue weighted by Gasteiger charge is -2.12. The summed E-state index contributed by atoms with van der Waals surface area (Å²) in [6.45, 7) is 0. The Morgan fingerprint density at radius 2 is 1.76 bits per heavy atom. The topological polar surface area (TPSA) is 72.2 Å². The minimum Gasteiger partial charge on any atom is -0.397 e. The van der Waals surface area contributed by atoms with Crippen molar-refractivity contribution in [2.24, 2.45) is 0 Å². The van der Waals surface area contributed by atoms with Gasteiger partial charge in [0.15, 0.2) is 5.82 Å².